The Hall–Kier alpha value is -1.10. The summed E-state index contributed by atoms with van der Waals surface area (Å²) in [5.41, 5.74) is 1.92. The van der Waals surface area contributed by atoms with Crippen LogP contribution in [0.2, 0.25) is 0 Å². The molecule has 1 aromatic carbocycles. The molecule has 0 atom stereocenters. The molecule has 5 heteroatoms. The zero-order chi connectivity index (χ0) is 14.1. The number of rotatable bonds is 8. The number of benzene rings is 1. The van der Waals surface area contributed by atoms with Gasteiger partial charge >= 0.3 is 0 Å². The number of methoxy groups -OCH3 is 1. The maximum absolute atomic E-state index is 11.9. The van der Waals surface area contributed by atoms with Crippen LogP contribution in [-0.4, -0.2) is 45.3 Å². The molecule has 0 aliphatic carbocycles. The first-order chi connectivity index (χ1) is 9.20. The summed E-state index contributed by atoms with van der Waals surface area (Å²) in [7, 11) is 1.63. The quantitative estimate of drug-likeness (QED) is 0.543. The van der Waals surface area contributed by atoms with E-state index < -0.39 is 0 Å². The van der Waals surface area contributed by atoms with E-state index in [1.807, 2.05) is 31.2 Å². The highest BCUT2D eigenvalue weighted by atomic mass is 35.5. The smallest absolute Gasteiger partial charge is 0.241 e. The summed E-state index contributed by atoms with van der Waals surface area (Å²) in [6.45, 7) is 3.98. The monoisotopic (exact) mass is 285 g/mol. The van der Waals surface area contributed by atoms with Crippen LogP contribution in [0.5, 0.6) is 0 Å². The Morgan fingerprint density at radius 3 is 2.63 bits per heavy atom. The average molecular weight is 286 g/mol. The lowest BCUT2D eigenvalue weighted by Gasteiger charge is -2.23. The minimum absolute atomic E-state index is 0.0353. The van der Waals surface area contributed by atoms with E-state index in [4.69, 9.17) is 21.1 Å². The van der Waals surface area contributed by atoms with Gasteiger partial charge in [-0.1, -0.05) is 18.2 Å². The Morgan fingerprint density at radius 1 is 1.26 bits per heavy atom. The number of aryl methyl sites for hydroxylation is 1. The highest BCUT2D eigenvalue weighted by Gasteiger charge is 2.15. The van der Waals surface area contributed by atoms with Gasteiger partial charge in [-0.05, 0) is 18.6 Å². The summed E-state index contributed by atoms with van der Waals surface area (Å²) in [5, 5.41) is 0. The minimum Gasteiger partial charge on any atom is -0.382 e. The number of hydrogen-bond donors (Lipinski definition) is 0. The van der Waals surface area contributed by atoms with Gasteiger partial charge in [-0.25, -0.2) is 0 Å². The molecule has 0 unspecified atom stereocenters. The predicted molar refractivity (Wildman–Crippen MR) is 76.9 cm³/mol. The molecule has 0 N–H and O–H groups in total. The first-order valence-corrected chi connectivity index (χ1v) is 6.72. The van der Waals surface area contributed by atoms with Crippen molar-refractivity contribution >= 4 is 23.2 Å². The van der Waals surface area contributed by atoms with Crippen molar-refractivity contribution in [2.24, 2.45) is 0 Å². The van der Waals surface area contributed by atoms with Crippen LogP contribution in [-0.2, 0) is 14.3 Å². The second kappa shape index (κ2) is 8.91. The number of para-hydroxylation sites is 1. The molecule has 106 valence electrons. The van der Waals surface area contributed by atoms with Gasteiger partial charge in [-0.15, -0.1) is 11.6 Å². The second-order valence-corrected chi connectivity index (χ2v) is 4.34. The van der Waals surface area contributed by atoms with E-state index in [9.17, 15) is 4.79 Å². The minimum atomic E-state index is -0.119. The summed E-state index contributed by atoms with van der Waals surface area (Å²) in [4.78, 5) is 13.6. The van der Waals surface area contributed by atoms with Gasteiger partial charge < -0.3 is 14.4 Å². The van der Waals surface area contributed by atoms with Crippen molar-refractivity contribution in [1.29, 1.82) is 0 Å². The molecule has 0 aliphatic rings. The molecule has 0 fully saturated rings. The van der Waals surface area contributed by atoms with Crippen LogP contribution in [0.3, 0.4) is 0 Å². The van der Waals surface area contributed by atoms with Crippen LogP contribution in [0.15, 0.2) is 24.3 Å². The Bertz CT molecular complexity index is 398. The van der Waals surface area contributed by atoms with Gasteiger partial charge in [0.1, 0.15) is 5.88 Å². The van der Waals surface area contributed by atoms with Gasteiger partial charge in [0.15, 0.2) is 0 Å². The Balaban J connectivity index is 2.63. The summed E-state index contributed by atoms with van der Waals surface area (Å²) in [6.07, 6.45) is 0. The molecular formula is C14H20ClNO3. The third-order valence-electron chi connectivity index (χ3n) is 2.71. The number of hydrogen-bond acceptors (Lipinski definition) is 3. The molecule has 19 heavy (non-hydrogen) atoms. The third-order valence-corrected chi connectivity index (χ3v) is 2.94. The van der Waals surface area contributed by atoms with Gasteiger partial charge in [-0.3, -0.25) is 4.79 Å². The number of nitrogens with zero attached hydrogens (tertiary/aromatic N) is 1. The van der Waals surface area contributed by atoms with Gasteiger partial charge in [0, 0.05) is 19.3 Å². The molecule has 0 saturated heterocycles. The molecule has 4 nitrogen and oxygen atoms in total. The maximum atomic E-state index is 11.9. The van der Waals surface area contributed by atoms with Crippen molar-refractivity contribution in [3.05, 3.63) is 29.8 Å². The highest BCUT2D eigenvalue weighted by Crippen LogP contribution is 2.19. The lowest BCUT2D eigenvalue weighted by Crippen LogP contribution is -2.35. The number of carbonyl (C=O) groups excluding carboxylic acids is 1. The standard InChI is InChI=1S/C14H20ClNO3/c1-12-5-3-4-6-13(12)16(14(17)11-15)7-8-19-10-9-18-2/h3-6H,7-11H2,1-2H3. The molecule has 1 aromatic rings. The second-order valence-electron chi connectivity index (χ2n) is 4.07. The van der Waals surface area contributed by atoms with Crippen LogP contribution < -0.4 is 4.90 Å². The molecule has 0 aliphatic heterocycles. The summed E-state index contributed by atoms with van der Waals surface area (Å²) in [5.74, 6) is -0.154. The fraction of sp³-hybridized carbons (Fsp3) is 0.500. The molecule has 1 amide bonds. The molecule has 0 bridgehead atoms. The third kappa shape index (κ3) is 5.19. The van der Waals surface area contributed by atoms with Crippen LogP contribution in [0.4, 0.5) is 5.69 Å². The fourth-order valence-corrected chi connectivity index (χ4v) is 1.86. The SMILES string of the molecule is COCCOCCN(C(=O)CCl)c1ccccc1C. The zero-order valence-electron chi connectivity index (χ0n) is 11.4. The van der Waals surface area contributed by atoms with E-state index in [1.54, 1.807) is 12.0 Å². The molecule has 0 spiro atoms. The predicted octanol–water partition coefficient (Wildman–Crippen LogP) is 2.23. The fourth-order valence-electron chi connectivity index (χ4n) is 1.72. The van der Waals surface area contributed by atoms with Crippen molar-refractivity contribution in [3.63, 3.8) is 0 Å². The molecule has 1 rings (SSSR count). The van der Waals surface area contributed by atoms with Crippen LogP contribution in [0.1, 0.15) is 5.56 Å². The van der Waals surface area contributed by atoms with E-state index in [2.05, 4.69) is 0 Å². The lowest BCUT2D eigenvalue weighted by molar-refractivity contribution is -0.116. The number of carbonyl (C=O) groups is 1. The van der Waals surface area contributed by atoms with E-state index >= 15 is 0 Å². The molecule has 0 aromatic heterocycles. The van der Waals surface area contributed by atoms with Gasteiger partial charge in [0.25, 0.3) is 0 Å². The normalized spacial score (nSPS) is 10.5. The maximum Gasteiger partial charge on any atom is 0.241 e. The van der Waals surface area contributed by atoms with Crippen molar-refractivity contribution in [3.8, 4) is 0 Å². The summed E-state index contributed by atoms with van der Waals surface area (Å²) >= 11 is 5.66. The van der Waals surface area contributed by atoms with Crippen molar-refractivity contribution in [2.75, 3.05) is 44.3 Å². The van der Waals surface area contributed by atoms with Crippen molar-refractivity contribution < 1.29 is 14.3 Å². The Kier molecular flexibility index (Phi) is 7.48. The van der Waals surface area contributed by atoms with Crippen LogP contribution >= 0.6 is 11.6 Å². The first-order valence-electron chi connectivity index (χ1n) is 6.19. The van der Waals surface area contributed by atoms with Crippen molar-refractivity contribution in [1.82, 2.24) is 0 Å². The number of ether oxygens (including phenoxy) is 2. The lowest BCUT2D eigenvalue weighted by atomic mass is 10.2. The van der Waals surface area contributed by atoms with Crippen molar-refractivity contribution in [2.45, 2.75) is 6.92 Å². The van der Waals surface area contributed by atoms with E-state index in [0.717, 1.165) is 11.3 Å². The van der Waals surface area contributed by atoms with Crippen LogP contribution in [0.25, 0.3) is 0 Å². The summed E-state index contributed by atoms with van der Waals surface area (Å²) in [6, 6.07) is 7.73. The topological polar surface area (TPSA) is 38.8 Å². The largest absolute Gasteiger partial charge is 0.382 e. The summed E-state index contributed by atoms with van der Waals surface area (Å²) < 4.78 is 10.3. The molecule has 0 saturated carbocycles. The highest BCUT2D eigenvalue weighted by molar-refractivity contribution is 6.29. The number of halogens is 1. The van der Waals surface area contributed by atoms with Gasteiger partial charge in [0.2, 0.25) is 5.91 Å². The average Bonchev–Trinajstić information content (AvgIpc) is 2.43. The first kappa shape index (κ1) is 16.0. The van der Waals surface area contributed by atoms with E-state index in [1.165, 1.54) is 0 Å². The zero-order valence-corrected chi connectivity index (χ0v) is 12.2. The Labute approximate surface area is 119 Å². The van der Waals surface area contributed by atoms with Gasteiger partial charge in [-0.2, -0.15) is 0 Å². The van der Waals surface area contributed by atoms with E-state index in [-0.39, 0.29) is 11.8 Å². The number of alkyl halides is 1. The van der Waals surface area contributed by atoms with Crippen LogP contribution in [0, 0.1) is 6.92 Å². The molecular weight excluding hydrogens is 266 g/mol. The molecule has 0 radical (unpaired) electrons. The number of amides is 1. The van der Waals surface area contributed by atoms with E-state index in [0.29, 0.717) is 26.4 Å². The number of anilines is 1. The molecule has 0 heterocycles. The van der Waals surface area contributed by atoms with Gasteiger partial charge in [0.05, 0.1) is 19.8 Å². The Morgan fingerprint density at radius 2 is 2.00 bits per heavy atom.